The Kier molecular flexibility index (Phi) is 2.68. The molecule has 1 aromatic carbocycles. The number of benzene rings is 1. The van der Waals surface area contributed by atoms with Gasteiger partial charge in [0, 0.05) is 13.0 Å². The number of imidazole rings is 1. The Labute approximate surface area is 137 Å². The third-order valence-electron chi connectivity index (χ3n) is 4.57. The summed E-state index contributed by atoms with van der Waals surface area (Å²) in [5, 5.41) is 4.09. The highest BCUT2D eigenvalue weighted by Crippen LogP contribution is 2.40. The van der Waals surface area contributed by atoms with Crippen LogP contribution in [0, 0.1) is 0 Å². The second-order valence-corrected chi connectivity index (χ2v) is 6.32. The van der Waals surface area contributed by atoms with Crippen LogP contribution in [-0.4, -0.2) is 37.5 Å². The molecule has 1 aliphatic carbocycles. The fraction of sp³-hybridized carbons (Fsp3) is 0.294. The normalized spacial score (nSPS) is 16.7. The Balaban J connectivity index is 1.67. The van der Waals surface area contributed by atoms with E-state index in [0.29, 0.717) is 35.4 Å². The molecule has 3 heterocycles. The summed E-state index contributed by atoms with van der Waals surface area (Å²) in [6, 6.07) is 7.55. The van der Waals surface area contributed by atoms with Crippen molar-refractivity contribution in [2.24, 2.45) is 0 Å². The average molecular weight is 321 g/mol. The Hall–Kier alpha value is -2.96. The molecule has 7 heteroatoms. The molecule has 0 unspecified atom stereocenters. The van der Waals surface area contributed by atoms with Crippen molar-refractivity contribution < 1.29 is 9.32 Å². The first-order chi connectivity index (χ1) is 11.7. The summed E-state index contributed by atoms with van der Waals surface area (Å²) in [6.45, 7) is 0.441. The molecule has 0 N–H and O–H groups in total. The van der Waals surface area contributed by atoms with E-state index in [1.54, 1.807) is 18.3 Å². The van der Waals surface area contributed by atoms with Crippen LogP contribution in [0.3, 0.4) is 0 Å². The molecule has 1 fully saturated rings. The first kappa shape index (κ1) is 13.5. The molecule has 24 heavy (non-hydrogen) atoms. The maximum absolute atomic E-state index is 12.6. The van der Waals surface area contributed by atoms with E-state index >= 15 is 0 Å². The van der Waals surface area contributed by atoms with Crippen LogP contribution in [0.15, 0.2) is 35.1 Å². The number of carbonyl (C=O) groups excluding carboxylic acids is 1. The van der Waals surface area contributed by atoms with Gasteiger partial charge in [-0.3, -0.25) is 9.36 Å². The van der Waals surface area contributed by atoms with Gasteiger partial charge in [-0.05, 0) is 25.0 Å². The first-order valence-electron chi connectivity index (χ1n) is 7.97. The van der Waals surface area contributed by atoms with E-state index in [1.807, 2.05) is 28.8 Å². The van der Waals surface area contributed by atoms with E-state index < -0.39 is 0 Å². The lowest BCUT2D eigenvalue weighted by molar-refractivity contribution is 0.0788. The van der Waals surface area contributed by atoms with E-state index in [-0.39, 0.29) is 5.91 Å². The van der Waals surface area contributed by atoms with Gasteiger partial charge in [-0.1, -0.05) is 17.3 Å². The summed E-state index contributed by atoms with van der Waals surface area (Å²) in [4.78, 5) is 23.3. The fourth-order valence-corrected chi connectivity index (χ4v) is 3.11. The van der Waals surface area contributed by atoms with E-state index in [0.717, 1.165) is 24.2 Å². The van der Waals surface area contributed by atoms with Crippen LogP contribution < -0.4 is 0 Å². The van der Waals surface area contributed by atoms with Crippen molar-refractivity contribution in [1.82, 2.24) is 24.6 Å². The van der Waals surface area contributed by atoms with Crippen LogP contribution in [-0.2, 0) is 6.54 Å². The highest BCUT2D eigenvalue weighted by atomic mass is 16.5. The van der Waals surface area contributed by atoms with Crippen LogP contribution in [0.1, 0.15) is 40.7 Å². The van der Waals surface area contributed by atoms with Crippen molar-refractivity contribution >= 4 is 5.91 Å². The topological polar surface area (TPSA) is 77.1 Å². The van der Waals surface area contributed by atoms with Crippen LogP contribution >= 0.6 is 0 Å². The number of nitrogens with zero attached hydrogens (tertiary/aromatic N) is 5. The molecular formula is C17H15N5O2. The zero-order valence-electron chi connectivity index (χ0n) is 13.1. The van der Waals surface area contributed by atoms with Crippen molar-refractivity contribution in [3.63, 3.8) is 0 Å². The third kappa shape index (κ3) is 1.90. The summed E-state index contributed by atoms with van der Waals surface area (Å²) >= 11 is 0. The monoisotopic (exact) mass is 321 g/mol. The predicted octanol–water partition coefficient (Wildman–Crippen LogP) is 2.39. The molecule has 120 valence electrons. The zero-order chi connectivity index (χ0) is 16.3. The van der Waals surface area contributed by atoms with Crippen molar-refractivity contribution in [1.29, 1.82) is 0 Å². The number of rotatable bonds is 2. The van der Waals surface area contributed by atoms with E-state index in [2.05, 4.69) is 15.1 Å². The Morgan fingerprint density at radius 2 is 2.08 bits per heavy atom. The van der Waals surface area contributed by atoms with Crippen LogP contribution in [0.25, 0.3) is 17.2 Å². The van der Waals surface area contributed by atoms with Gasteiger partial charge in [-0.15, -0.1) is 0 Å². The van der Waals surface area contributed by atoms with Crippen LogP contribution in [0.2, 0.25) is 0 Å². The number of hydrogen-bond donors (Lipinski definition) is 0. The van der Waals surface area contributed by atoms with Crippen LogP contribution in [0.4, 0.5) is 0 Å². The second kappa shape index (κ2) is 4.77. The Morgan fingerprint density at radius 3 is 2.92 bits per heavy atom. The minimum absolute atomic E-state index is 0.00738. The highest BCUT2D eigenvalue weighted by Gasteiger charge is 2.32. The number of aromatic nitrogens is 4. The lowest BCUT2D eigenvalue weighted by Crippen LogP contribution is -2.25. The van der Waals surface area contributed by atoms with Gasteiger partial charge >= 0.3 is 0 Å². The highest BCUT2D eigenvalue weighted by molar-refractivity contribution is 5.98. The number of fused-ring (bicyclic) bond motifs is 3. The quantitative estimate of drug-likeness (QED) is 0.724. The molecule has 0 atom stereocenters. The van der Waals surface area contributed by atoms with Gasteiger partial charge in [0.05, 0.1) is 23.5 Å². The summed E-state index contributed by atoms with van der Waals surface area (Å²) in [6.07, 6.45) is 3.93. The van der Waals surface area contributed by atoms with Crippen molar-refractivity contribution in [2.75, 3.05) is 7.05 Å². The number of para-hydroxylation sites is 1. The molecule has 1 amide bonds. The summed E-state index contributed by atoms with van der Waals surface area (Å²) < 4.78 is 7.30. The molecule has 0 saturated heterocycles. The SMILES string of the molecule is CN1Cc2c(-c3noc(C4CC4)n3)ncn2-c2ccccc2C1=O. The Bertz CT molecular complexity index is 954. The third-order valence-corrected chi connectivity index (χ3v) is 4.57. The molecule has 0 spiro atoms. The minimum atomic E-state index is -0.00738. The van der Waals surface area contributed by atoms with Gasteiger partial charge in [0.15, 0.2) is 0 Å². The summed E-state index contributed by atoms with van der Waals surface area (Å²) in [5.74, 6) is 1.57. The molecule has 1 aliphatic heterocycles. The molecule has 0 radical (unpaired) electrons. The van der Waals surface area contributed by atoms with Gasteiger partial charge in [-0.2, -0.15) is 4.98 Å². The standard InChI is InChI=1S/C17H15N5O2/c1-21-8-13-14(15-19-16(24-20-15)10-6-7-10)18-9-22(13)12-5-3-2-4-11(12)17(21)23/h2-5,9-10H,6-8H2,1H3. The van der Waals surface area contributed by atoms with E-state index in [4.69, 9.17) is 4.52 Å². The molecule has 7 nitrogen and oxygen atoms in total. The maximum Gasteiger partial charge on any atom is 0.256 e. The predicted molar refractivity (Wildman–Crippen MR) is 84.6 cm³/mol. The van der Waals surface area contributed by atoms with E-state index in [9.17, 15) is 4.79 Å². The van der Waals surface area contributed by atoms with Crippen molar-refractivity contribution in [2.45, 2.75) is 25.3 Å². The molecule has 2 aliphatic rings. The largest absolute Gasteiger partial charge is 0.339 e. The molecule has 0 bridgehead atoms. The summed E-state index contributed by atoms with van der Waals surface area (Å²) in [5.41, 5.74) is 3.04. The van der Waals surface area contributed by atoms with Crippen LogP contribution in [0.5, 0.6) is 0 Å². The van der Waals surface area contributed by atoms with Gasteiger partial charge in [0.25, 0.3) is 5.91 Å². The lowest BCUT2D eigenvalue weighted by Gasteiger charge is -2.14. The fourth-order valence-electron chi connectivity index (χ4n) is 3.11. The zero-order valence-corrected chi connectivity index (χ0v) is 13.1. The summed E-state index contributed by atoms with van der Waals surface area (Å²) in [7, 11) is 1.79. The number of hydrogen-bond acceptors (Lipinski definition) is 5. The molecule has 1 saturated carbocycles. The minimum Gasteiger partial charge on any atom is -0.339 e. The van der Waals surface area contributed by atoms with E-state index in [1.165, 1.54) is 0 Å². The molecule has 5 rings (SSSR count). The van der Waals surface area contributed by atoms with Gasteiger partial charge in [-0.25, -0.2) is 4.98 Å². The molecule has 3 aromatic rings. The molecular weight excluding hydrogens is 306 g/mol. The first-order valence-corrected chi connectivity index (χ1v) is 7.97. The van der Waals surface area contributed by atoms with Gasteiger partial charge in [0.1, 0.15) is 12.0 Å². The average Bonchev–Trinajstić information content (AvgIpc) is 3.22. The van der Waals surface area contributed by atoms with Crippen molar-refractivity contribution in [3.05, 3.63) is 47.7 Å². The van der Waals surface area contributed by atoms with Gasteiger partial charge < -0.3 is 9.42 Å². The van der Waals surface area contributed by atoms with Crippen molar-refractivity contribution in [3.8, 4) is 17.2 Å². The molecule has 2 aromatic heterocycles. The second-order valence-electron chi connectivity index (χ2n) is 6.32. The Morgan fingerprint density at radius 1 is 1.25 bits per heavy atom. The maximum atomic E-state index is 12.6. The number of amides is 1. The smallest absolute Gasteiger partial charge is 0.256 e. The lowest BCUT2D eigenvalue weighted by atomic mass is 10.1. The van der Waals surface area contributed by atoms with Gasteiger partial charge in [0.2, 0.25) is 11.7 Å². The number of carbonyl (C=O) groups is 1.